The van der Waals surface area contributed by atoms with Crippen molar-refractivity contribution in [2.24, 2.45) is 5.16 Å². The molecule has 178 valence electrons. The van der Waals surface area contributed by atoms with Gasteiger partial charge in [0.15, 0.2) is 0 Å². The van der Waals surface area contributed by atoms with E-state index < -0.39 is 23.0 Å². The number of alkyl halides is 2. The van der Waals surface area contributed by atoms with E-state index in [1.165, 1.54) is 19.1 Å². The summed E-state index contributed by atoms with van der Waals surface area (Å²) >= 11 is 6.80. The second-order valence-corrected chi connectivity index (χ2v) is 8.52. The van der Waals surface area contributed by atoms with Crippen molar-refractivity contribution in [2.45, 2.75) is 43.8 Å². The van der Waals surface area contributed by atoms with Crippen molar-refractivity contribution in [1.29, 1.82) is 0 Å². The van der Waals surface area contributed by atoms with Gasteiger partial charge in [0.25, 0.3) is 0 Å². The number of hydrogen-bond donors (Lipinski definition) is 1. The number of rotatable bonds is 10. The SMILES string of the molecule is CC(F)CCCC1(Cl)C(OC(=O)c2ccccc2)=CC(=NOCc2ccccc2)C=C1C(=O)O. The summed E-state index contributed by atoms with van der Waals surface area (Å²) in [5.74, 6) is -2.11. The largest absolute Gasteiger partial charge is 0.478 e. The highest BCUT2D eigenvalue weighted by molar-refractivity contribution is 6.33. The van der Waals surface area contributed by atoms with E-state index in [9.17, 15) is 19.1 Å². The number of carbonyl (C=O) groups is 2. The van der Waals surface area contributed by atoms with Crippen LogP contribution in [0.3, 0.4) is 0 Å². The average Bonchev–Trinajstić information content (AvgIpc) is 2.82. The van der Waals surface area contributed by atoms with Crippen LogP contribution < -0.4 is 0 Å². The molecule has 0 radical (unpaired) electrons. The number of aliphatic carboxylic acids is 1. The Morgan fingerprint density at radius 1 is 1.09 bits per heavy atom. The third-order valence-corrected chi connectivity index (χ3v) is 5.78. The zero-order chi connectivity index (χ0) is 24.6. The van der Waals surface area contributed by atoms with Crippen molar-refractivity contribution in [3.63, 3.8) is 0 Å². The summed E-state index contributed by atoms with van der Waals surface area (Å²) < 4.78 is 19.0. The minimum atomic E-state index is -1.68. The lowest BCUT2D eigenvalue weighted by Gasteiger charge is -2.32. The van der Waals surface area contributed by atoms with Gasteiger partial charge in [-0.05, 0) is 50.0 Å². The maximum Gasteiger partial charge on any atom is 0.343 e. The molecule has 1 N–H and O–H groups in total. The Hall–Kier alpha value is -3.45. The number of esters is 1. The van der Waals surface area contributed by atoms with Gasteiger partial charge in [-0.1, -0.05) is 53.7 Å². The maximum absolute atomic E-state index is 13.4. The Bertz CT molecular complexity index is 1100. The predicted molar refractivity (Wildman–Crippen MR) is 127 cm³/mol. The van der Waals surface area contributed by atoms with Crippen molar-refractivity contribution < 1.29 is 28.7 Å². The van der Waals surface area contributed by atoms with Gasteiger partial charge in [-0.25, -0.2) is 14.0 Å². The second-order valence-electron chi connectivity index (χ2n) is 7.88. The van der Waals surface area contributed by atoms with Gasteiger partial charge in [0, 0.05) is 6.08 Å². The number of carbonyl (C=O) groups excluding carboxylic acids is 1. The molecule has 0 saturated heterocycles. The van der Waals surface area contributed by atoms with E-state index in [2.05, 4.69) is 5.16 Å². The molecule has 0 heterocycles. The van der Waals surface area contributed by atoms with Gasteiger partial charge in [0.2, 0.25) is 0 Å². The fourth-order valence-corrected chi connectivity index (χ4v) is 3.82. The number of ether oxygens (including phenoxy) is 1. The summed E-state index contributed by atoms with van der Waals surface area (Å²) in [6.45, 7) is 1.57. The number of benzene rings is 2. The predicted octanol–water partition coefficient (Wildman–Crippen LogP) is 5.83. The quantitative estimate of drug-likeness (QED) is 0.260. The number of halogens is 2. The molecule has 3 rings (SSSR count). The van der Waals surface area contributed by atoms with Gasteiger partial charge in [-0.15, -0.1) is 11.6 Å². The Labute approximate surface area is 202 Å². The van der Waals surface area contributed by atoms with Crippen LogP contribution in [0.1, 0.15) is 42.1 Å². The number of nitrogens with zero attached hydrogens (tertiary/aromatic N) is 1. The van der Waals surface area contributed by atoms with Gasteiger partial charge >= 0.3 is 11.9 Å². The maximum atomic E-state index is 13.4. The van der Waals surface area contributed by atoms with E-state index >= 15 is 0 Å². The molecule has 0 bridgehead atoms. The Morgan fingerprint density at radius 3 is 2.35 bits per heavy atom. The molecule has 34 heavy (non-hydrogen) atoms. The standard InChI is InChI=1S/C26H25ClFNO5/c1-18(28)9-8-14-26(27)22(24(30)31)15-21(29-33-17-19-10-4-2-5-11-19)16-23(26)34-25(32)20-12-6-3-7-13-20/h2-7,10-13,15-16,18H,8-9,14,17H2,1H3,(H,30,31). The van der Waals surface area contributed by atoms with Crippen molar-refractivity contribution >= 4 is 29.3 Å². The molecule has 0 aromatic heterocycles. The Kier molecular flexibility index (Phi) is 8.60. The van der Waals surface area contributed by atoms with Gasteiger partial charge in [-0.2, -0.15) is 0 Å². The zero-order valence-corrected chi connectivity index (χ0v) is 19.4. The molecule has 1 aliphatic rings. The van der Waals surface area contributed by atoms with E-state index in [-0.39, 0.29) is 48.5 Å². The van der Waals surface area contributed by atoms with E-state index in [0.29, 0.717) is 0 Å². The third kappa shape index (κ3) is 6.54. The van der Waals surface area contributed by atoms with Crippen molar-refractivity contribution in [3.05, 3.63) is 95.3 Å². The third-order valence-electron chi connectivity index (χ3n) is 5.20. The molecular weight excluding hydrogens is 461 g/mol. The molecule has 2 unspecified atom stereocenters. The number of allylic oxidation sites excluding steroid dienone is 3. The van der Waals surface area contributed by atoms with E-state index in [1.54, 1.807) is 30.3 Å². The summed E-state index contributed by atoms with van der Waals surface area (Å²) in [6, 6.07) is 17.5. The van der Waals surface area contributed by atoms with Crippen molar-refractivity contribution in [1.82, 2.24) is 0 Å². The van der Waals surface area contributed by atoms with Crippen LogP contribution in [0.2, 0.25) is 0 Å². The normalized spacial score (nSPS) is 19.7. The van der Waals surface area contributed by atoms with Crippen LogP contribution in [0.25, 0.3) is 0 Å². The van der Waals surface area contributed by atoms with Gasteiger partial charge in [-0.3, -0.25) is 0 Å². The molecule has 2 aromatic carbocycles. The fourth-order valence-electron chi connectivity index (χ4n) is 3.45. The molecule has 6 nitrogen and oxygen atoms in total. The molecule has 0 saturated carbocycles. The molecule has 2 aromatic rings. The minimum absolute atomic E-state index is 0.0486. The highest BCUT2D eigenvalue weighted by Crippen LogP contribution is 2.42. The van der Waals surface area contributed by atoms with Crippen LogP contribution in [0.5, 0.6) is 0 Å². The Balaban J connectivity index is 1.91. The molecule has 1 aliphatic carbocycles. The van der Waals surface area contributed by atoms with E-state index in [0.717, 1.165) is 5.56 Å². The van der Waals surface area contributed by atoms with E-state index in [4.69, 9.17) is 21.2 Å². The van der Waals surface area contributed by atoms with Crippen LogP contribution >= 0.6 is 11.6 Å². The summed E-state index contributed by atoms with van der Waals surface area (Å²) in [7, 11) is 0. The number of oxime groups is 1. The highest BCUT2D eigenvalue weighted by Gasteiger charge is 2.45. The smallest absolute Gasteiger partial charge is 0.343 e. The first-order valence-corrected chi connectivity index (χ1v) is 11.2. The van der Waals surface area contributed by atoms with Crippen LogP contribution in [0, 0.1) is 0 Å². The van der Waals surface area contributed by atoms with Crippen molar-refractivity contribution in [2.75, 3.05) is 0 Å². The van der Waals surface area contributed by atoms with Crippen LogP contribution in [0.15, 0.2) is 89.3 Å². The molecular formula is C26H25ClFNO5. The van der Waals surface area contributed by atoms with Crippen molar-refractivity contribution in [3.8, 4) is 0 Å². The molecule has 0 spiro atoms. The summed E-state index contributed by atoms with van der Waals surface area (Å²) in [6.07, 6.45) is 2.09. The number of hydrogen-bond acceptors (Lipinski definition) is 5. The summed E-state index contributed by atoms with van der Waals surface area (Å²) in [5, 5.41) is 13.9. The van der Waals surface area contributed by atoms with Crippen LogP contribution in [-0.4, -0.2) is 33.8 Å². The molecule has 0 fully saturated rings. The van der Waals surface area contributed by atoms with Gasteiger partial charge in [0.1, 0.15) is 23.0 Å². The topological polar surface area (TPSA) is 85.2 Å². The first-order valence-electron chi connectivity index (χ1n) is 10.8. The second kappa shape index (κ2) is 11.6. The number of carboxylic acids is 1. The van der Waals surface area contributed by atoms with Gasteiger partial charge in [0.05, 0.1) is 17.3 Å². The minimum Gasteiger partial charge on any atom is -0.478 e. The van der Waals surface area contributed by atoms with Crippen LogP contribution in [0.4, 0.5) is 4.39 Å². The summed E-state index contributed by atoms with van der Waals surface area (Å²) in [4.78, 5) is 28.6. The highest BCUT2D eigenvalue weighted by atomic mass is 35.5. The Morgan fingerprint density at radius 2 is 1.74 bits per heavy atom. The molecule has 0 amide bonds. The lowest BCUT2D eigenvalue weighted by atomic mass is 9.85. The fraction of sp³-hybridized carbons (Fsp3) is 0.269. The molecule has 0 aliphatic heterocycles. The molecule has 2 atom stereocenters. The van der Waals surface area contributed by atoms with E-state index in [1.807, 2.05) is 30.3 Å². The zero-order valence-electron chi connectivity index (χ0n) is 18.6. The monoisotopic (exact) mass is 485 g/mol. The first kappa shape index (κ1) is 25.2. The van der Waals surface area contributed by atoms with Crippen LogP contribution in [-0.2, 0) is 21.0 Å². The van der Waals surface area contributed by atoms with Gasteiger partial charge < -0.3 is 14.7 Å². The number of carboxylic acid groups (broad SMARTS) is 1. The average molecular weight is 486 g/mol. The lowest BCUT2D eigenvalue weighted by Crippen LogP contribution is -2.37. The summed E-state index contributed by atoms with van der Waals surface area (Å²) in [5.41, 5.74) is 1.03. The molecule has 8 heteroatoms. The first-order chi connectivity index (χ1) is 16.3. The lowest BCUT2D eigenvalue weighted by molar-refractivity contribution is -0.133.